The van der Waals surface area contributed by atoms with Crippen LogP contribution in [0, 0.1) is 11.3 Å². The zero-order chi connectivity index (χ0) is 45.8. The van der Waals surface area contributed by atoms with Crippen LogP contribution in [0.4, 0.5) is 34.1 Å². The smallest absolute Gasteiger partial charge is 0.0468 e. The molecule has 2 heteroatoms. The largest absolute Gasteiger partial charge is 0.311 e. The molecule has 2 nitrogen and oxygen atoms in total. The van der Waals surface area contributed by atoms with E-state index in [0.29, 0.717) is 5.92 Å². The molecule has 0 unspecified atom stereocenters. The van der Waals surface area contributed by atoms with Gasteiger partial charge in [0.2, 0.25) is 0 Å². The van der Waals surface area contributed by atoms with E-state index in [4.69, 9.17) is 0 Å². The van der Waals surface area contributed by atoms with E-state index < -0.39 is 0 Å². The van der Waals surface area contributed by atoms with Gasteiger partial charge in [-0.15, -0.1) is 0 Å². The van der Waals surface area contributed by atoms with Gasteiger partial charge in [0.05, 0.1) is 0 Å². The second-order valence-corrected chi connectivity index (χ2v) is 20.6. The molecule has 0 saturated heterocycles. The lowest BCUT2D eigenvalue weighted by molar-refractivity contribution is 0.146. The molecule has 0 amide bonds. The van der Waals surface area contributed by atoms with Gasteiger partial charge < -0.3 is 9.80 Å². The number of fused-ring (bicyclic) bond motifs is 4. The fraction of sp³-hybridized carbons (Fsp3) is 0.200. The molecule has 0 aromatic heterocycles. The molecule has 1 saturated carbocycles. The van der Waals surface area contributed by atoms with Crippen molar-refractivity contribution in [3.8, 4) is 22.3 Å². The molecule has 9 aromatic carbocycles. The molecule has 0 atom stereocenters. The van der Waals surface area contributed by atoms with Crippen molar-refractivity contribution in [1.82, 2.24) is 0 Å². The highest BCUT2D eigenvalue weighted by Gasteiger charge is 2.42. The van der Waals surface area contributed by atoms with Crippen LogP contribution in [0.25, 0.3) is 33.0 Å². The Balaban J connectivity index is 1.01. The lowest BCUT2D eigenvalue weighted by Gasteiger charge is -2.45. The SMILES string of the molecule is CC1(C)c2cc(N(c3ccc(C4(c5ccc(N(c6ccccc6)c6ccccc6)cc5)CCC(C(C)(C)C)CC4)cc3)c3ccc4ccccc4c3)ccc2-c2c(-c3ccccc3)cccc21. The molecule has 67 heavy (non-hydrogen) atoms. The van der Waals surface area contributed by atoms with Crippen LogP contribution in [-0.2, 0) is 10.8 Å². The maximum absolute atomic E-state index is 2.48. The highest BCUT2D eigenvalue weighted by Crippen LogP contribution is 2.55. The zero-order valence-electron chi connectivity index (χ0n) is 39.6. The lowest BCUT2D eigenvalue weighted by atomic mass is 9.59. The van der Waals surface area contributed by atoms with Gasteiger partial charge in [0.25, 0.3) is 0 Å². The number of rotatable bonds is 9. The maximum atomic E-state index is 2.48. The van der Waals surface area contributed by atoms with Crippen LogP contribution in [0.5, 0.6) is 0 Å². The molecule has 0 radical (unpaired) electrons. The summed E-state index contributed by atoms with van der Waals surface area (Å²) >= 11 is 0. The van der Waals surface area contributed by atoms with Crippen molar-refractivity contribution in [1.29, 1.82) is 0 Å². The first-order valence-corrected chi connectivity index (χ1v) is 24.3. The Morgan fingerprint density at radius 3 is 1.46 bits per heavy atom. The summed E-state index contributed by atoms with van der Waals surface area (Å²) in [6, 6.07) is 81.3. The third-order valence-corrected chi connectivity index (χ3v) is 15.5. The van der Waals surface area contributed by atoms with E-state index in [-0.39, 0.29) is 16.2 Å². The Labute approximate surface area is 398 Å². The van der Waals surface area contributed by atoms with Gasteiger partial charge in [-0.25, -0.2) is 0 Å². The summed E-state index contributed by atoms with van der Waals surface area (Å²) in [4.78, 5) is 4.84. The molecule has 0 bridgehead atoms. The molecule has 0 N–H and O–H groups in total. The number of para-hydroxylation sites is 2. The minimum Gasteiger partial charge on any atom is -0.311 e. The van der Waals surface area contributed by atoms with E-state index >= 15 is 0 Å². The van der Waals surface area contributed by atoms with Gasteiger partial charge in [-0.2, -0.15) is 0 Å². The highest BCUT2D eigenvalue weighted by molar-refractivity contribution is 5.95. The van der Waals surface area contributed by atoms with Crippen molar-refractivity contribution < 1.29 is 0 Å². The Hall–Kier alpha value is -7.16. The van der Waals surface area contributed by atoms with Gasteiger partial charge in [-0.3, -0.25) is 0 Å². The summed E-state index contributed by atoms with van der Waals surface area (Å²) in [5.74, 6) is 0.688. The Bertz CT molecular complexity index is 3130. The van der Waals surface area contributed by atoms with Crippen LogP contribution in [0.2, 0.25) is 0 Å². The first kappa shape index (κ1) is 42.5. The Kier molecular flexibility index (Phi) is 10.7. The van der Waals surface area contributed by atoms with Crippen molar-refractivity contribution in [2.24, 2.45) is 11.3 Å². The maximum Gasteiger partial charge on any atom is 0.0468 e. The van der Waals surface area contributed by atoms with E-state index in [1.807, 2.05) is 0 Å². The van der Waals surface area contributed by atoms with Gasteiger partial charge in [-0.05, 0) is 165 Å². The molecular formula is C65H60N2. The second-order valence-electron chi connectivity index (χ2n) is 20.6. The van der Waals surface area contributed by atoms with Crippen LogP contribution >= 0.6 is 0 Å². The fourth-order valence-corrected chi connectivity index (χ4v) is 11.7. The first-order chi connectivity index (χ1) is 32.6. The fourth-order valence-electron chi connectivity index (χ4n) is 11.7. The number of hydrogen-bond acceptors (Lipinski definition) is 2. The minimum atomic E-state index is -0.169. The van der Waals surface area contributed by atoms with E-state index in [1.54, 1.807) is 0 Å². The average molecular weight is 869 g/mol. The number of benzene rings is 9. The third kappa shape index (κ3) is 7.63. The van der Waals surface area contributed by atoms with E-state index in [1.165, 1.54) is 73.8 Å². The molecule has 0 heterocycles. The number of hydrogen-bond donors (Lipinski definition) is 0. The molecule has 0 spiro atoms. The topological polar surface area (TPSA) is 6.48 Å². The summed E-state index contributed by atoms with van der Waals surface area (Å²) in [7, 11) is 0. The van der Waals surface area contributed by atoms with Crippen molar-refractivity contribution in [2.75, 3.05) is 9.80 Å². The third-order valence-electron chi connectivity index (χ3n) is 15.5. The summed E-state index contributed by atoms with van der Waals surface area (Å²) < 4.78 is 0. The second kappa shape index (κ2) is 16.9. The van der Waals surface area contributed by atoms with Crippen molar-refractivity contribution in [3.63, 3.8) is 0 Å². The molecular weight excluding hydrogens is 809 g/mol. The van der Waals surface area contributed by atoms with Crippen LogP contribution in [0.15, 0.2) is 218 Å². The summed E-state index contributed by atoms with van der Waals surface area (Å²) in [6.07, 6.45) is 4.65. The normalized spacial score (nSPS) is 17.4. The monoisotopic (exact) mass is 868 g/mol. The van der Waals surface area contributed by atoms with Crippen LogP contribution in [0.1, 0.15) is 82.6 Å². The van der Waals surface area contributed by atoms with Crippen molar-refractivity contribution >= 4 is 44.9 Å². The van der Waals surface area contributed by atoms with Crippen molar-refractivity contribution in [3.05, 3.63) is 241 Å². The summed E-state index contributed by atoms with van der Waals surface area (Å²) in [6.45, 7) is 12.1. The predicted molar refractivity (Wildman–Crippen MR) is 285 cm³/mol. The Morgan fingerprint density at radius 1 is 0.403 bits per heavy atom. The molecule has 330 valence electrons. The molecule has 0 aliphatic heterocycles. The Morgan fingerprint density at radius 2 is 0.881 bits per heavy atom. The van der Waals surface area contributed by atoms with E-state index in [0.717, 1.165) is 41.3 Å². The summed E-state index contributed by atoms with van der Waals surface area (Å²) in [5.41, 5.74) is 17.7. The quantitative estimate of drug-likeness (QED) is 0.143. The summed E-state index contributed by atoms with van der Waals surface area (Å²) in [5, 5.41) is 2.48. The van der Waals surface area contributed by atoms with Crippen LogP contribution in [-0.4, -0.2) is 0 Å². The van der Waals surface area contributed by atoms with Gasteiger partial charge in [0.15, 0.2) is 0 Å². The first-order valence-electron chi connectivity index (χ1n) is 24.3. The van der Waals surface area contributed by atoms with Gasteiger partial charge >= 0.3 is 0 Å². The average Bonchev–Trinajstić information content (AvgIpc) is 3.60. The number of nitrogens with zero attached hydrogens (tertiary/aromatic N) is 2. The number of anilines is 6. The minimum absolute atomic E-state index is 0.100. The van der Waals surface area contributed by atoms with Gasteiger partial charge in [0.1, 0.15) is 0 Å². The van der Waals surface area contributed by atoms with Crippen molar-refractivity contribution in [2.45, 2.75) is 71.1 Å². The van der Waals surface area contributed by atoms with E-state index in [2.05, 4.69) is 263 Å². The van der Waals surface area contributed by atoms with Crippen LogP contribution in [0.3, 0.4) is 0 Å². The molecule has 11 rings (SSSR count). The standard InChI is InChI=1S/C65H60N2/c1-63(2,3)49-40-42-65(43-41-49,50-29-34-54(35-30-50)66(52-22-11-7-12-23-52)53-24-13-8-14-25-53)51-31-36-55(37-32-51)67(56-33-28-46-18-15-16-21-48(46)44-56)57-38-39-59-61(45-57)64(4,5)60-27-17-26-58(62(59)60)47-19-9-6-10-20-47/h6-39,44-45,49H,40-43H2,1-5H3. The molecule has 1 fully saturated rings. The molecule has 9 aromatic rings. The van der Waals surface area contributed by atoms with Crippen LogP contribution < -0.4 is 9.80 Å². The predicted octanol–water partition coefficient (Wildman–Crippen LogP) is 18.3. The van der Waals surface area contributed by atoms with Gasteiger partial charge in [-0.1, -0.05) is 180 Å². The van der Waals surface area contributed by atoms with Gasteiger partial charge in [0, 0.05) is 45.0 Å². The van der Waals surface area contributed by atoms with E-state index in [9.17, 15) is 0 Å². The molecule has 2 aliphatic rings. The lowest BCUT2D eigenvalue weighted by Crippen LogP contribution is -2.36. The highest BCUT2D eigenvalue weighted by atomic mass is 15.1. The molecule has 2 aliphatic carbocycles. The zero-order valence-corrected chi connectivity index (χ0v) is 39.6.